The van der Waals surface area contributed by atoms with E-state index in [4.69, 9.17) is 5.73 Å². The Morgan fingerprint density at radius 3 is 2.90 bits per heavy atom. The van der Waals surface area contributed by atoms with Crippen LogP contribution in [-0.4, -0.2) is 19.5 Å². The predicted octanol–water partition coefficient (Wildman–Crippen LogP) is 2.64. The van der Waals surface area contributed by atoms with Gasteiger partial charge in [0, 0.05) is 19.3 Å². The Morgan fingerprint density at radius 1 is 1.33 bits per heavy atom. The third-order valence-electron chi connectivity index (χ3n) is 5.68. The molecule has 2 bridgehead atoms. The summed E-state index contributed by atoms with van der Waals surface area (Å²) >= 11 is 0. The number of benzene rings is 1. The topological polar surface area (TPSA) is 58.4 Å². The molecule has 0 saturated heterocycles. The van der Waals surface area contributed by atoms with Gasteiger partial charge in [-0.15, -0.1) is 0 Å². The summed E-state index contributed by atoms with van der Waals surface area (Å²) in [6, 6.07) is 4.00. The van der Waals surface area contributed by atoms with Crippen LogP contribution < -0.4 is 16.0 Å². The van der Waals surface area contributed by atoms with Gasteiger partial charge in [0.25, 0.3) is 0 Å². The first kappa shape index (κ1) is 13.0. The van der Waals surface area contributed by atoms with Gasteiger partial charge in [-0.05, 0) is 54.7 Å². The van der Waals surface area contributed by atoms with Crippen molar-refractivity contribution in [2.24, 2.45) is 17.8 Å². The number of hydrogen-bond donors (Lipinski definition) is 2. The van der Waals surface area contributed by atoms with E-state index in [1.165, 1.54) is 25.7 Å². The molecular formula is C17H23N3O. The largest absolute Gasteiger partial charge is 0.397 e. The van der Waals surface area contributed by atoms with Crippen LogP contribution in [0.1, 0.15) is 31.2 Å². The van der Waals surface area contributed by atoms with Gasteiger partial charge in [-0.25, -0.2) is 0 Å². The summed E-state index contributed by atoms with van der Waals surface area (Å²) in [6.45, 7) is 1.08. The van der Waals surface area contributed by atoms with E-state index in [-0.39, 0.29) is 5.91 Å². The van der Waals surface area contributed by atoms with Crippen molar-refractivity contribution in [2.75, 3.05) is 29.5 Å². The van der Waals surface area contributed by atoms with Crippen molar-refractivity contribution in [3.63, 3.8) is 0 Å². The number of nitrogens with zero attached hydrogens (tertiary/aromatic N) is 1. The molecule has 0 spiro atoms. The molecule has 21 heavy (non-hydrogen) atoms. The average molecular weight is 285 g/mol. The standard InChI is InChI=1S/C17H23N3O/c1-20(9-13-5-10-2-3-11(13)4-10)16-8-15-12(6-14(16)18)7-17(21)19-15/h6,8,10-11,13H,2-5,7,9,18H2,1H3,(H,19,21). The van der Waals surface area contributed by atoms with Gasteiger partial charge in [-0.3, -0.25) is 4.79 Å². The summed E-state index contributed by atoms with van der Waals surface area (Å²) < 4.78 is 0. The molecule has 0 aromatic heterocycles. The lowest BCUT2D eigenvalue weighted by molar-refractivity contribution is -0.115. The quantitative estimate of drug-likeness (QED) is 0.839. The van der Waals surface area contributed by atoms with Crippen LogP contribution in [0.15, 0.2) is 12.1 Å². The number of nitrogens with one attached hydrogen (secondary N) is 1. The summed E-state index contributed by atoms with van der Waals surface area (Å²) in [7, 11) is 2.13. The second-order valence-corrected chi connectivity index (χ2v) is 7.11. The lowest BCUT2D eigenvalue weighted by Gasteiger charge is -2.29. The summed E-state index contributed by atoms with van der Waals surface area (Å²) in [5.74, 6) is 2.78. The van der Waals surface area contributed by atoms with Crippen LogP contribution in [0.4, 0.5) is 17.1 Å². The molecule has 2 saturated carbocycles. The highest BCUT2D eigenvalue weighted by molar-refractivity contribution is 6.00. The molecule has 4 rings (SSSR count). The number of rotatable bonds is 3. The van der Waals surface area contributed by atoms with Gasteiger partial charge in [0.1, 0.15) is 0 Å². The van der Waals surface area contributed by atoms with Gasteiger partial charge in [0.2, 0.25) is 5.91 Å². The Hall–Kier alpha value is -1.71. The zero-order valence-electron chi connectivity index (χ0n) is 12.6. The van der Waals surface area contributed by atoms with Crippen LogP contribution in [0, 0.1) is 17.8 Å². The van der Waals surface area contributed by atoms with Gasteiger partial charge in [-0.2, -0.15) is 0 Å². The molecule has 1 aliphatic heterocycles. The number of amides is 1. The summed E-state index contributed by atoms with van der Waals surface area (Å²) in [5, 5.41) is 2.92. The lowest BCUT2D eigenvalue weighted by Crippen LogP contribution is -2.29. The van der Waals surface area contributed by atoms with E-state index in [1.54, 1.807) is 0 Å². The molecule has 1 amide bonds. The number of nitrogens with two attached hydrogens (primary N) is 1. The molecule has 112 valence electrons. The number of carbonyl (C=O) groups excluding carboxylic acids is 1. The van der Waals surface area contributed by atoms with Crippen LogP contribution in [0.3, 0.4) is 0 Å². The van der Waals surface area contributed by atoms with E-state index >= 15 is 0 Å². The molecule has 1 heterocycles. The predicted molar refractivity (Wildman–Crippen MR) is 85.4 cm³/mol. The molecule has 4 nitrogen and oxygen atoms in total. The minimum Gasteiger partial charge on any atom is -0.397 e. The zero-order chi connectivity index (χ0) is 14.6. The highest BCUT2D eigenvalue weighted by Crippen LogP contribution is 2.48. The fourth-order valence-electron chi connectivity index (χ4n) is 4.66. The fourth-order valence-corrected chi connectivity index (χ4v) is 4.66. The van der Waals surface area contributed by atoms with Gasteiger partial charge < -0.3 is 16.0 Å². The molecule has 3 unspecified atom stereocenters. The van der Waals surface area contributed by atoms with Crippen molar-refractivity contribution in [3.05, 3.63) is 17.7 Å². The number of hydrogen-bond acceptors (Lipinski definition) is 3. The normalized spacial score (nSPS) is 29.6. The SMILES string of the molecule is CN(CC1CC2CCC1C2)c1cc2c(cc1N)CC(=O)N2. The monoisotopic (exact) mass is 285 g/mol. The molecule has 3 atom stereocenters. The minimum atomic E-state index is 0.0669. The van der Waals surface area contributed by atoms with E-state index in [1.807, 2.05) is 12.1 Å². The van der Waals surface area contributed by atoms with Crippen molar-refractivity contribution in [2.45, 2.75) is 32.1 Å². The van der Waals surface area contributed by atoms with E-state index in [0.29, 0.717) is 6.42 Å². The lowest BCUT2D eigenvalue weighted by atomic mass is 9.88. The Balaban J connectivity index is 1.53. The minimum absolute atomic E-state index is 0.0669. The van der Waals surface area contributed by atoms with Crippen LogP contribution in [-0.2, 0) is 11.2 Å². The number of anilines is 3. The molecule has 0 radical (unpaired) electrons. The van der Waals surface area contributed by atoms with Crippen LogP contribution in [0.2, 0.25) is 0 Å². The zero-order valence-corrected chi connectivity index (χ0v) is 12.6. The van der Waals surface area contributed by atoms with E-state index < -0.39 is 0 Å². The van der Waals surface area contributed by atoms with E-state index in [0.717, 1.165) is 46.9 Å². The van der Waals surface area contributed by atoms with Crippen molar-refractivity contribution in [3.8, 4) is 0 Å². The van der Waals surface area contributed by atoms with Gasteiger partial charge in [0.05, 0.1) is 17.8 Å². The van der Waals surface area contributed by atoms with Crippen molar-refractivity contribution in [1.82, 2.24) is 0 Å². The number of fused-ring (bicyclic) bond motifs is 3. The van der Waals surface area contributed by atoms with Gasteiger partial charge >= 0.3 is 0 Å². The van der Waals surface area contributed by atoms with E-state index in [2.05, 4.69) is 17.3 Å². The molecule has 2 aliphatic carbocycles. The molecule has 4 heteroatoms. The van der Waals surface area contributed by atoms with E-state index in [9.17, 15) is 4.79 Å². The maximum absolute atomic E-state index is 11.5. The third-order valence-corrected chi connectivity index (χ3v) is 5.68. The van der Waals surface area contributed by atoms with Crippen LogP contribution >= 0.6 is 0 Å². The van der Waals surface area contributed by atoms with Crippen molar-refractivity contribution in [1.29, 1.82) is 0 Å². The average Bonchev–Trinajstić information content (AvgIpc) is 3.11. The summed E-state index contributed by atoms with van der Waals surface area (Å²) in [4.78, 5) is 13.8. The molecule has 3 N–H and O–H groups in total. The second kappa shape index (κ2) is 4.65. The van der Waals surface area contributed by atoms with Crippen LogP contribution in [0.25, 0.3) is 0 Å². The third kappa shape index (κ3) is 2.17. The molecule has 2 fully saturated rings. The first-order chi connectivity index (χ1) is 10.1. The second-order valence-electron chi connectivity index (χ2n) is 7.11. The highest BCUT2D eigenvalue weighted by Gasteiger charge is 2.39. The first-order valence-electron chi connectivity index (χ1n) is 8.03. The van der Waals surface area contributed by atoms with Gasteiger partial charge in [0.15, 0.2) is 0 Å². The Kier molecular flexibility index (Phi) is 2.88. The first-order valence-corrected chi connectivity index (χ1v) is 8.03. The van der Waals surface area contributed by atoms with Crippen molar-refractivity contribution < 1.29 is 4.79 Å². The summed E-state index contributed by atoms with van der Waals surface area (Å²) in [5.41, 5.74) is 10.0. The fraction of sp³-hybridized carbons (Fsp3) is 0.588. The molecule has 1 aromatic carbocycles. The smallest absolute Gasteiger partial charge is 0.228 e. The molecule has 1 aromatic rings. The number of carbonyl (C=O) groups is 1. The Bertz CT molecular complexity index is 598. The number of nitrogen functional groups attached to an aromatic ring is 1. The van der Waals surface area contributed by atoms with Crippen LogP contribution in [0.5, 0.6) is 0 Å². The molecular weight excluding hydrogens is 262 g/mol. The van der Waals surface area contributed by atoms with Gasteiger partial charge in [-0.1, -0.05) is 6.42 Å². The maximum Gasteiger partial charge on any atom is 0.228 e. The Morgan fingerprint density at radius 2 is 2.19 bits per heavy atom. The highest BCUT2D eigenvalue weighted by atomic mass is 16.1. The van der Waals surface area contributed by atoms with Crippen molar-refractivity contribution >= 4 is 23.0 Å². The summed E-state index contributed by atoms with van der Waals surface area (Å²) in [6.07, 6.45) is 6.14. The molecule has 3 aliphatic rings. The Labute approximate surface area is 125 Å². The maximum atomic E-state index is 11.5.